The van der Waals surface area contributed by atoms with Crippen molar-refractivity contribution < 1.29 is 0 Å². The molecule has 2 atom stereocenters. The second-order valence-corrected chi connectivity index (χ2v) is 5.94. The highest BCUT2D eigenvalue weighted by Crippen LogP contribution is 2.24. The van der Waals surface area contributed by atoms with Crippen molar-refractivity contribution in [2.75, 3.05) is 13.1 Å². The van der Waals surface area contributed by atoms with Crippen LogP contribution in [-0.4, -0.2) is 35.1 Å². The third-order valence-electron chi connectivity index (χ3n) is 4.04. The van der Waals surface area contributed by atoms with Crippen molar-refractivity contribution in [2.24, 2.45) is 0 Å². The lowest BCUT2D eigenvalue weighted by atomic mass is 10.1. The smallest absolute Gasteiger partial charge is 0.0459 e. The topological polar surface area (TPSA) is 31.1 Å². The molecule has 1 aromatic carbocycles. The van der Waals surface area contributed by atoms with Gasteiger partial charge in [-0.3, -0.25) is 4.90 Å². The molecule has 0 radical (unpaired) electrons. The van der Waals surface area contributed by atoms with E-state index in [1.807, 2.05) is 0 Å². The number of aromatic amines is 1. The monoisotopic (exact) mass is 257 g/mol. The first kappa shape index (κ1) is 12.7. The van der Waals surface area contributed by atoms with Crippen molar-refractivity contribution >= 4 is 10.9 Å². The molecule has 2 aromatic rings. The highest BCUT2D eigenvalue weighted by molar-refractivity contribution is 5.84. The van der Waals surface area contributed by atoms with Crippen molar-refractivity contribution in [1.29, 1.82) is 0 Å². The number of rotatable bonds is 2. The van der Waals surface area contributed by atoms with Crippen LogP contribution in [0, 0.1) is 6.92 Å². The van der Waals surface area contributed by atoms with Gasteiger partial charge in [-0.2, -0.15) is 0 Å². The van der Waals surface area contributed by atoms with Crippen LogP contribution in [0.2, 0.25) is 0 Å². The summed E-state index contributed by atoms with van der Waals surface area (Å²) in [6.07, 6.45) is 0. The number of fused-ring (bicyclic) bond motifs is 1. The molecular formula is C16H23N3. The zero-order valence-corrected chi connectivity index (χ0v) is 12.0. The van der Waals surface area contributed by atoms with E-state index < -0.39 is 0 Å². The summed E-state index contributed by atoms with van der Waals surface area (Å²) in [4.78, 5) is 6.06. The van der Waals surface area contributed by atoms with Crippen molar-refractivity contribution in [1.82, 2.24) is 15.2 Å². The Hall–Kier alpha value is -1.32. The summed E-state index contributed by atoms with van der Waals surface area (Å²) in [5.74, 6) is 0. The summed E-state index contributed by atoms with van der Waals surface area (Å²) in [5.41, 5.74) is 4.02. The molecule has 1 aliphatic heterocycles. The second-order valence-electron chi connectivity index (χ2n) is 5.94. The van der Waals surface area contributed by atoms with E-state index in [1.165, 1.54) is 22.2 Å². The van der Waals surface area contributed by atoms with Gasteiger partial charge in [-0.05, 0) is 32.4 Å². The zero-order chi connectivity index (χ0) is 13.4. The summed E-state index contributed by atoms with van der Waals surface area (Å²) in [5, 5.41) is 4.96. The van der Waals surface area contributed by atoms with Crippen molar-refractivity contribution in [2.45, 2.75) is 39.4 Å². The predicted molar refractivity (Wildman–Crippen MR) is 80.4 cm³/mol. The van der Waals surface area contributed by atoms with E-state index in [9.17, 15) is 0 Å². The number of nitrogens with zero attached hydrogens (tertiary/aromatic N) is 1. The Bertz CT molecular complexity index is 562. The van der Waals surface area contributed by atoms with E-state index in [1.54, 1.807) is 0 Å². The number of piperazine rings is 1. The van der Waals surface area contributed by atoms with E-state index in [-0.39, 0.29) is 0 Å². The van der Waals surface area contributed by atoms with Crippen molar-refractivity contribution in [3.8, 4) is 0 Å². The number of nitrogens with one attached hydrogen (secondary N) is 2. The van der Waals surface area contributed by atoms with Crippen LogP contribution in [0.5, 0.6) is 0 Å². The number of aryl methyl sites for hydroxylation is 1. The SMILES string of the molecule is Cc1[nH]c2ccccc2c1CN1CC(C)NC(C)C1. The van der Waals surface area contributed by atoms with Crippen LogP contribution in [0.1, 0.15) is 25.1 Å². The molecule has 1 aliphatic rings. The molecule has 0 amide bonds. The molecule has 102 valence electrons. The van der Waals surface area contributed by atoms with Gasteiger partial charge in [-0.1, -0.05) is 18.2 Å². The molecule has 2 N–H and O–H groups in total. The number of aromatic nitrogens is 1. The summed E-state index contributed by atoms with van der Waals surface area (Å²) in [6.45, 7) is 10.0. The van der Waals surface area contributed by atoms with Crippen LogP contribution >= 0.6 is 0 Å². The van der Waals surface area contributed by atoms with E-state index >= 15 is 0 Å². The number of hydrogen-bond donors (Lipinski definition) is 2. The Morgan fingerprint density at radius 2 is 1.84 bits per heavy atom. The van der Waals surface area contributed by atoms with Gasteiger partial charge in [-0.25, -0.2) is 0 Å². The van der Waals surface area contributed by atoms with E-state index in [2.05, 4.69) is 60.2 Å². The lowest BCUT2D eigenvalue weighted by molar-refractivity contribution is 0.167. The van der Waals surface area contributed by atoms with Crippen molar-refractivity contribution in [3.63, 3.8) is 0 Å². The molecule has 3 heteroatoms. The minimum atomic E-state index is 0.578. The normalized spacial score (nSPS) is 25.0. The maximum absolute atomic E-state index is 3.59. The molecular weight excluding hydrogens is 234 g/mol. The molecule has 0 aliphatic carbocycles. The first-order valence-electron chi connectivity index (χ1n) is 7.18. The van der Waals surface area contributed by atoms with Gasteiger partial charge in [0.25, 0.3) is 0 Å². The average molecular weight is 257 g/mol. The molecule has 2 unspecified atom stereocenters. The largest absolute Gasteiger partial charge is 0.358 e. The van der Waals surface area contributed by atoms with Gasteiger partial charge in [-0.15, -0.1) is 0 Å². The molecule has 2 heterocycles. The molecule has 0 saturated carbocycles. The van der Waals surface area contributed by atoms with Crippen LogP contribution in [0.3, 0.4) is 0 Å². The fourth-order valence-electron chi connectivity index (χ4n) is 3.33. The standard InChI is InChI=1S/C16H23N3/c1-11-8-19(9-12(2)17-11)10-15-13(3)18-16-7-5-4-6-14(15)16/h4-7,11-12,17-18H,8-10H2,1-3H3. The second kappa shape index (κ2) is 4.99. The quantitative estimate of drug-likeness (QED) is 0.866. The first-order chi connectivity index (χ1) is 9.13. The highest BCUT2D eigenvalue weighted by atomic mass is 15.2. The maximum Gasteiger partial charge on any atom is 0.0459 e. The average Bonchev–Trinajstić information content (AvgIpc) is 2.65. The Kier molecular flexibility index (Phi) is 3.33. The van der Waals surface area contributed by atoms with Crippen LogP contribution in [-0.2, 0) is 6.54 Å². The summed E-state index contributed by atoms with van der Waals surface area (Å²) < 4.78 is 0. The molecule has 1 fully saturated rings. The highest BCUT2D eigenvalue weighted by Gasteiger charge is 2.22. The lowest BCUT2D eigenvalue weighted by Crippen LogP contribution is -2.53. The fourth-order valence-corrected chi connectivity index (χ4v) is 3.33. The molecule has 19 heavy (non-hydrogen) atoms. The molecule has 0 bridgehead atoms. The van der Waals surface area contributed by atoms with E-state index in [0.29, 0.717) is 12.1 Å². The summed E-state index contributed by atoms with van der Waals surface area (Å²) >= 11 is 0. The van der Waals surface area contributed by atoms with Gasteiger partial charge >= 0.3 is 0 Å². The maximum atomic E-state index is 3.59. The lowest BCUT2D eigenvalue weighted by Gasteiger charge is -2.36. The van der Waals surface area contributed by atoms with Gasteiger partial charge in [0, 0.05) is 48.3 Å². The Morgan fingerprint density at radius 3 is 2.58 bits per heavy atom. The number of para-hydroxylation sites is 1. The Labute approximate surface area is 115 Å². The Balaban J connectivity index is 1.86. The molecule has 3 rings (SSSR count). The minimum absolute atomic E-state index is 0.578. The van der Waals surface area contributed by atoms with Crippen molar-refractivity contribution in [3.05, 3.63) is 35.5 Å². The predicted octanol–water partition coefficient (Wildman–Crippen LogP) is 2.66. The van der Waals surface area contributed by atoms with Crippen LogP contribution in [0.15, 0.2) is 24.3 Å². The van der Waals surface area contributed by atoms with E-state index in [0.717, 1.165) is 19.6 Å². The van der Waals surface area contributed by atoms with Gasteiger partial charge in [0.05, 0.1) is 0 Å². The number of H-pyrrole nitrogens is 1. The van der Waals surface area contributed by atoms with Crippen LogP contribution < -0.4 is 5.32 Å². The van der Waals surface area contributed by atoms with Crippen LogP contribution in [0.25, 0.3) is 10.9 Å². The third-order valence-corrected chi connectivity index (χ3v) is 4.04. The number of benzene rings is 1. The van der Waals surface area contributed by atoms with Gasteiger partial charge in [0.1, 0.15) is 0 Å². The van der Waals surface area contributed by atoms with Gasteiger partial charge in [0.2, 0.25) is 0 Å². The van der Waals surface area contributed by atoms with Gasteiger partial charge < -0.3 is 10.3 Å². The molecule has 1 aromatic heterocycles. The van der Waals surface area contributed by atoms with E-state index in [4.69, 9.17) is 0 Å². The molecule has 3 nitrogen and oxygen atoms in total. The third kappa shape index (κ3) is 2.53. The van der Waals surface area contributed by atoms with Gasteiger partial charge in [0.15, 0.2) is 0 Å². The first-order valence-corrected chi connectivity index (χ1v) is 7.18. The zero-order valence-electron chi connectivity index (χ0n) is 12.0. The Morgan fingerprint density at radius 1 is 1.16 bits per heavy atom. The molecule has 1 saturated heterocycles. The number of hydrogen-bond acceptors (Lipinski definition) is 2. The fraction of sp³-hybridized carbons (Fsp3) is 0.500. The summed E-state index contributed by atoms with van der Waals surface area (Å²) in [6, 6.07) is 9.76. The summed E-state index contributed by atoms with van der Waals surface area (Å²) in [7, 11) is 0. The minimum Gasteiger partial charge on any atom is -0.358 e. The van der Waals surface area contributed by atoms with Crippen LogP contribution in [0.4, 0.5) is 0 Å². The molecule has 0 spiro atoms.